The number of methoxy groups -OCH3 is 1. The first-order chi connectivity index (χ1) is 11.1. The predicted octanol–water partition coefficient (Wildman–Crippen LogP) is 2.86. The van der Waals surface area contributed by atoms with Crippen molar-refractivity contribution in [2.75, 3.05) is 27.7 Å². The second-order valence-electron chi connectivity index (χ2n) is 5.41. The summed E-state index contributed by atoms with van der Waals surface area (Å²) in [6.45, 7) is 1.06. The summed E-state index contributed by atoms with van der Waals surface area (Å²) in [5, 5.41) is 7.86. The summed E-state index contributed by atoms with van der Waals surface area (Å²) in [6.07, 6.45) is 0. The van der Waals surface area contributed by atoms with E-state index in [4.69, 9.17) is 4.74 Å². The van der Waals surface area contributed by atoms with Crippen LogP contribution < -0.4 is 15.4 Å². The lowest BCUT2D eigenvalue weighted by atomic mass is 10.2. The monoisotopic (exact) mass is 333 g/mol. The minimum atomic E-state index is -0.163. The molecule has 1 aromatic heterocycles. The second-order valence-corrected chi connectivity index (χ2v) is 6.39. The van der Waals surface area contributed by atoms with Crippen molar-refractivity contribution in [1.82, 2.24) is 15.5 Å². The summed E-state index contributed by atoms with van der Waals surface area (Å²) >= 11 is 1.70. The fourth-order valence-electron chi connectivity index (χ4n) is 2.20. The first-order valence-electron chi connectivity index (χ1n) is 7.44. The number of nitrogens with zero attached hydrogens (tertiary/aromatic N) is 1. The van der Waals surface area contributed by atoms with Crippen LogP contribution in [0.1, 0.15) is 16.5 Å². The lowest BCUT2D eigenvalue weighted by Gasteiger charge is -2.23. The Morgan fingerprint density at radius 2 is 1.96 bits per heavy atom. The number of urea groups is 1. The van der Waals surface area contributed by atoms with Crippen molar-refractivity contribution in [3.8, 4) is 5.75 Å². The van der Waals surface area contributed by atoms with Gasteiger partial charge in [-0.05, 0) is 43.2 Å². The van der Waals surface area contributed by atoms with Crippen LogP contribution in [0.15, 0.2) is 41.8 Å². The van der Waals surface area contributed by atoms with Gasteiger partial charge < -0.3 is 20.3 Å². The highest BCUT2D eigenvalue weighted by molar-refractivity contribution is 7.10. The zero-order chi connectivity index (χ0) is 16.7. The molecule has 6 heteroatoms. The maximum Gasteiger partial charge on any atom is 0.315 e. The topological polar surface area (TPSA) is 53.6 Å². The maximum atomic E-state index is 12.0. The van der Waals surface area contributed by atoms with Gasteiger partial charge in [-0.1, -0.05) is 18.2 Å². The predicted molar refractivity (Wildman–Crippen MR) is 94.0 cm³/mol. The first kappa shape index (κ1) is 17.3. The van der Waals surface area contributed by atoms with Crippen LogP contribution in [0.2, 0.25) is 0 Å². The van der Waals surface area contributed by atoms with Gasteiger partial charge in [0, 0.05) is 18.0 Å². The molecule has 0 saturated heterocycles. The largest absolute Gasteiger partial charge is 0.497 e. The molecule has 23 heavy (non-hydrogen) atoms. The number of nitrogens with one attached hydrogen (secondary N) is 2. The minimum Gasteiger partial charge on any atom is -0.497 e. The lowest BCUT2D eigenvalue weighted by molar-refractivity contribution is 0.233. The Morgan fingerprint density at radius 3 is 2.52 bits per heavy atom. The van der Waals surface area contributed by atoms with Crippen molar-refractivity contribution in [3.63, 3.8) is 0 Å². The molecular weight excluding hydrogens is 310 g/mol. The number of thiophene rings is 1. The standard InChI is InChI=1S/C17H23N3O2S/c1-20(2)15(16-5-4-10-23-16)12-19-17(21)18-11-13-6-8-14(22-3)9-7-13/h4-10,15H,11-12H2,1-3H3,(H2,18,19,21)/t15-/m0/s1. The number of likely N-dealkylation sites (N-methyl/N-ethyl adjacent to an activating group) is 1. The molecule has 0 fully saturated rings. The van der Waals surface area contributed by atoms with Crippen LogP contribution in [-0.2, 0) is 6.54 Å². The molecule has 2 N–H and O–H groups in total. The third-order valence-corrected chi connectivity index (χ3v) is 4.54. The zero-order valence-electron chi connectivity index (χ0n) is 13.7. The molecule has 2 rings (SSSR count). The second kappa shape index (κ2) is 8.55. The van der Waals surface area contributed by atoms with Crippen molar-refractivity contribution in [1.29, 1.82) is 0 Å². The zero-order valence-corrected chi connectivity index (χ0v) is 14.5. The molecule has 0 aliphatic rings. The molecular formula is C17H23N3O2S. The van der Waals surface area contributed by atoms with E-state index >= 15 is 0 Å². The van der Waals surface area contributed by atoms with E-state index in [0.29, 0.717) is 13.1 Å². The molecule has 0 aliphatic carbocycles. The number of hydrogen-bond donors (Lipinski definition) is 2. The third-order valence-electron chi connectivity index (χ3n) is 3.56. The SMILES string of the molecule is COc1ccc(CNC(=O)NC[C@@H](c2cccs2)N(C)C)cc1. The van der Waals surface area contributed by atoms with Crippen LogP contribution in [0.25, 0.3) is 0 Å². The van der Waals surface area contributed by atoms with Gasteiger partial charge in [0.15, 0.2) is 0 Å². The Kier molecular flexibility index (Phi) is 6.43. The van der Waals surface area contributed by atoms with Crippen LogP contribution in [-0.4, -0.2) is 38.7 Å². The van der Waals surface area contributed by atoms with Gasteiger partial charge in [0.25, 0.3) is 0 Å². The molecule has 0 saturated carbocycles. The summed E-state index contributed by atoms with van der Waals surface area (Å²) in [5.41, 5.74) is 1.03. The van der Waals surface area contributed by atoms with E-state index in [1.54, 1.807) is 18.4 Å². The highest BCUT2D eigenvalue weighted by Crippen LogP contribution is 2.22. The number of hydrogen-bond acceptors (Lipinski definition) is 4. The van der Waals surface area contributed by atoms with Gasteiger partial charge in [-0.25, -0.2) is 4.79 Å². The van der Waals surface area contributed by atoms with Gasteiger partial charge in [-0.2, -0.15) is 0 Å². The number of carbonyl (C=O) groups excluding carboxylic acids is 1. The summed E-state index contributed by atoms with van der Waals surface area (Å²) in [6, 6.07) is 11.8. The molecule has 0 spiro atoms. The molecule has 124 valence electrons. The Bertz CT molecular complexity index is 597. The number of amides is 2. The third kappa shape index (κ3) is 5.26. The van der Waals surface area contributed by atoms with Crippen LogP contribution in [0.3, 0.4) is 0 Å². The molecule has 0 aliphatic heterocycles. The molecule has 1 atom stereocenters. The molecule has 2 amide bonds. The van der Waals surface area contributed by atoms with Crippen molar-refractivity contribution >= 4 is 17.4 Å². The van der Waals surface area contributed by atoms with Gasteiger partial charge >= 0.3 is 6.03 Å². The molecule has 0 radical (unpaired) electrons. The van der Waals surface area contributed by atoms with Crippen LogP contribution in [0, 0.1) is 0 Å². The number of ether oxygens (including phenoxy) is 1. The molecule has 1 heterocycles. The average molecular weight is 333 g/mol. The number of rotatable bonds is 7. The fraction of sp³-hybridized carbons (Fsp3) is 0.353. The van der Waals surface area contributed by atoms with Crippen molar-refractivity contribution < 1.29 is 9.53 Å². The number of carbonyl (C=O) groups is 1. The van der Waals surface area contributed by atoms with E-state index in [1.165, 1.54) is 4.88 Å². The van der Waals surface area contributed by atoms with Crippen LogP contribution in [0.4, 0.5) is 4.79 Å². The van der Waals surface area contributed by atoms with E-state index in [9.17, 15) is 4.79 Å². The van der Waals surface area contributed by atoms with E-state index in [-0.39, 0.29) is 12.1 Å². The lowest BCUT2D eigenvalue weighted by Crippen LogP contribution is -2.40. The molecule has 5 nitrogen and oxygen atoms in total. The molecule has 1 aromatic carbocycles. The smallest absolute Gasteiger partial charge is 0.315 e. The molecule has 0 bridgehead atoms. The van der Waals surface area contributed by atoms with Gasteiger partial charge in [0.05, 0.1) is 13.2 Å². The average Bonchev–Trinajstić information content (AvgIpc) is 3.07. The minimum absolute atomic E-state index is 0.163. The molecule has 0 unspecified atom stereocenters. The Hall–Kier alpha value is -2.05. The van der Waals surface area contributed by atoms with Gasteiger partial charge in [0.1, 0.15) is 5.75 Å². The van der Waals surface area contributed by atoms with E-state index in [1.807, 2.05) is 44.4 Å². The summed E-state index contributed by atoms with van der Waals surface area (Å²) in [5.74, 6) is 0.808. The van der Waals surface area contributed by atoms with Crippen LogP contribution >= 0.6 is 11.3 Å². The normalized spacial score (nSPS) is 12.0. The maximum absolute atomic E-state index is 12.0. The Balaban J connectivity index is 1.79. The summed E-state index contributed by atoms with van der Waals surface area (Å²) < 4.78 is 5.11. The quantitative estimate of drug-likeness (QED) is 0.819. The van der Waals surface area contributed by atoms with Gasteiger partial charge in [-0.3, -0.25) is 0 Å². The van der Waals surface area contributed by atoms with Crippen molar-refractivity contribution in [2.24, 2.45) is 0 Å². The Morgan fingerprint density at radius 1 is 1.22 bits per heavy atom. The molecule has 2 aromatic rings. The number of benzene rings is 1. The summed E-state index contributed by atoms with van der Waals surface area (Å²) in [7, 11) is 5.66. The summed E-state index contributed by atoms with van der Waals surface area (Å²) in [4.78, 5) is 15.3. The van der Waals surface area contributed by atoms with Crippen molar-refractivity contribution in [3.05, 3.63) is 52.2 Å². The van der Waals surface area contributed by atoms with Gasteiger partial charge in [0.2, 0.25) is 0 Å². The van der Waals surface area contributed by atoms with Gasteiger partial charge in [-0.15, -0.1) is 11.3 Å². The van der Waals surface area contributed by atoms with E-state index < -0.39 is 0 Å². The highest BCUT2D eigenvalue weighted by atomic mass is 32.1. The van der Waals surface area contributed by atoms with Crippen molar-refractivity contribution in [2.45, 2.75) is 12.6 Å². The fourth-order valence-corrected chi connectivity index (χ4v) is 3.12. The Labute approximate surface area is 141 Å². The van der Waals surface area contributed by atoms with E-state index in [0.717, 1.165) is 11.3 Å². The van der Waals surface area contributed by atoms with E-state index in [2.05, 4.69) is 27.0 Å². The van der Waals surface area contributed by atoms with Crippen LogP contribution in [0.5, 0.6) is 5.75 Å². The first-order valence-corrected chi connectivity index (χ1v) is 8.32. The highest BCUT2D eigenvalue weighted by Gasteiger charge is 2.15.